The van der Waals surface area contributed by atoms with Crippen molar-refractivity contribution in [3.8, 4) is 0 Å². The second kappa shape index (κ2) is 12.2. The van der Waals surface area contributed by atoms with Crippen molar-refractivity contribution in [1.82, 2.24) is 5.39 Å². The van der Waals surface area contributed by atoms with Crippen LogP contribution in [0.4, 0.5) is 9.59 Å². The van der Waals surface area contributed by atoms with Crippen molar-refractivity contribution < 1.29 is 58.5 Å². The zero-order valence-electron chi connectivity index (χ0n) is 23.6. The fraction of sp³-hybridized carbons (Fsp3) is 0.714. The fourth-order valence-corrected chi connectivity index (χ4v) is 7.93. The van der Waals surface area contributed by atoms with E-state index in [9.17, 15) is 24.3 Å². The minimum absolute atomic E-state index is 0.00825. The maximum absolute atomic E-state index is 13.8. The third kappa shape index (κ3) is 5.78. The number of rotatable bonds is 10. The maximum Gasteiger partial charge on any atom is 0.509 e. The Morgan fingerprint density at radius 3 is 2.54 bits per heavy atom. The zero-order valence-corrected chi connectivity index (χ0v) is 23.6. The van der Waals surface area contributed by atoms with Crippen LogP contribution >= 0.6 is 0 Å². The van der Waals surface area contributed by atoms with E-state index in [4.69, 9.17) is 29.4 Å². The molecule has 3 N–H and O–H groups in total. The van der Waals surface area contributed by atoms with E-state index in [1.165, 1.54) is 0 Å². The Hall–Kier alpha value is -2.84. The molecule has 3 saturated carbocycles. The first-order valence-electron chi connectivity index (χ1n) is 14.0. The molecule has 0 aromatic carbocycles. The van der Waals surface area contributed by atoms with Crippen LogP contribution in [0.25, 0.3) is 0 Å². The number of ether oxygens (including phenoxy) is 4. The highest BCUT2D eigenvalue weighted by Crippen LogP contribution is 2.68. The summed E-state index contributed by atoms with van der Waals surface area (Å²) in [6.45, 7) is 4.49. The van der Waals surface area contributed by atoms with Crippen LogP contribution in [0.1, 0.15) is 59.3 Å². The minimum Gasteiger partial charge on any atom is -0.435 e. The highest BCUT2D eigenvalue weighted by atomic mass is 17.1. The summed E-state index contributed by atoms with van der Waals surface area (Å²) >= 11 is 0. The molecule has 0 saturated heterocycles. The normalized spacial score (nSPS) is 35.6. The van der Waals surface area contributed by atoms with E-state index in [-0.39, 0.29) is 62.6 Å². The number of hydrogen-bond donors (Lipinski definition) is 3. The van der Waals surface area contributed by atoms with Gasteiger partial charge in [-0.1, -0.05) is 25.5 Å². The molecule has 13 nitrogen and oxygen atoms in total. The fourth-order valence-electron chi connectivity index (χ4n) is 7.93. The van der Waals surface area contributed by atoms with E-state index in [2.05, 4.69) is 4.84 Å². The summed E-state index contributed by atoms with van der Waals surface area (Å²) in [5, 5.41) is 28.2. The lowest BCUT2D eigenvalue weighted by Gasteiger charge is -2.59. The van der Waals surface area contributed by atoms with Gasteiger partial charge in [0.1, 0.15) is 0 Å². The smallest absolute Gasteiger partial charge is 0.435 e. The number of allylic oxidation sites excluding steroid dienone is 4. The number of fused-ring (bicyclic) bond motifs is 5. The maximum atomic E-state index is 13.8. The van der Waals surface area contributed by atoms with E-state index in [0.717, 1.165) is 5.57 Å². The Kier molecular flexibility index (Phi) is 9.24. The lowest BCUT2D eigenvalue weighted by molar-refractivity contribution is -0.492. The molecule has 4 aliphatic rings. The monoisotopic (exact) mass is 581 g/mol. The molecule has 3 fully saturated rings. The number of aliphatic hydroxyl groups is 1. The van der Waals surface area contributed by atoms with Crippen molar-refractivity contribution in [2.45, 2.75) is 71.0 Å². The summed E-state index contributed by atoms with van der Waals surface area (Å²) in [5.74, 6) is -0.983. The SMILES string of the molecule is CCOC(=O)O[C@]1(C(=O)COC(=O)OCCCON(O)O)CC[C@H]2[C@@H]3CCC4=CC(=O)C=C[C@]4(C)[C@H]3[C@@H](O)C[C@@]21C. The summed E-state index contributed by atoms with van der Waals surface area (Å²) in [7, 11) is 0. The van der Waals surface area contributed by atoms with Crippen LogP contribution in [0.5, 0.6) is 0 Å². The van der Waals surface area contributed by atoms with Crippen LogP contribution in [-0.2, 0) is 33.4 Å². The number of aliphatic hydroxyl groups excluding tert-OH is 1. The molecule has 7 atom stereocenters. The average molecular weight is 582 g/mol. The van der Waals surface area contributed by atoms with Crippen LogP contribution in [0, 0.1) is 28.6 Å². The van der Waals surface area contributed by atoms with E-state index in [0.29, 0.717) is 19.3 Å². The first-order chi connectivity index (χ1) is 19.4. The van der Waals surface area contributed by atoms with Gasteiger partial charge in [-0.25, -0.2) is 9.59 Å². The van der Waals surface area contributed by atoms with Crippen LogP contribution in [0.15, 0.2) is 23.8 Å². The molecule has 0 aromatic rings. The van der Waals surface area contributed by atoms with Crippen molar-refractivity contribution in [1.29, 1.82) is 0 Å². The van der Waals surface area contributed by atoms with Crippen LogP contribution in [0.3, 0.4) is 0 Å². The highest BCUT2D eigenvalue weighted by molar-refractivity contribution is 6.01. The van der Waals surface area contributed by atoms with Gasteiger partial charge in [-0.05, 0) is 63.0 Å². The summed E-state index contributed by atoms with van der Waals surface area (Å²) < 4.78 is 20.8. The van der Waals surface area contributed by atoms with Crippen molar-refractivity contribution in [2.24, 2.45) is 28.6 Å². The van der Waals surface area contributed by atoms with Crippen LogP contribution in [-0.4, -0.2) is 82.9 Å². The lowest BCUT2D eigenvalue weighted by atomic mass is 9.46. The molecule has 0 bridgehead atoms. The first kappa shape index (κ1) is 31.1. The largest absolute Gasteiger partial charge is 0.509 e. The van der Waals surface area contributed by atoms with Gasteiger partial charge < -0.3 is 24.1 Å². The Labute approximate surface area is 237 Å². The molecule has 4 rings (SSSR count). The summed E-state index contributed by atoms with van der Waals surface area (Å²) in [4.78, 5) is 55.1. The number of carbonyl (C=O) groups excluding carboxylic acids is 4. The van der Waals surface area contributed by atoms with Gasteiger partial charge in [0.25, 0.3) is 0 Å². The predicted octanol–water partition coefficient (Wildman–Crippen LogP) is 3.30. The first-order valence-corrected chi connectivity index (χ1v) is 14.0. The topological polar surface area (TPSA) is 178 Å². The van der Waals surface area contributed by atoms with Gasteiger partial charge in [0, 0.05) is 23.2 Å². The molecule has 41 heavy (non-hydrogen) atoms. The molecule has 13 heteroatoms. The molecule has 0 spiro atoms. The van der Waals surface area contributed by atoms with Crippen molar-refractivity contribution in [3.05, 3.63) is 23.8 Å². The summed E-state index contributed by atoms with van der Waals surface area (Å²) in [6.07, 6.45) is 4.50. The number of Topliss-reactive ketones (excluding diaryl/α,β-unsaturated/α-hetero) is 1. The second-order valence-corrected chi connectivity index (χ2v) is 11.6. The average Bonchev–Trinajstić information content (AvgIpc) is 3.19. The Morgan fingerprint density at radius 1 is 1.07 bits per heavy atom. The molecule has 0 aliphatic heterocycles. The summed E-state index contributed by atoms with van der Waals surface area (Å²) in [5.41, 5.74) is -2.18. The lowest BCUT2D eigenvalue weighted by Crippen LogP contribution is -2.63. The third-order valence-electron chi connectivity index (χ3n) is 9.62. The molecule has 0 amide bonds. The molecule has 0 radical (unpaired) electrons. The summed E-state index contributed by atoms with van der Waals surface area (Å²) in [6, 6.07) is 0. The Morgan fingerprint density at radius 2 is 1.83 bits per heavy atom. The van der Waals surface area contributed by atoms with Gasteiger partial charge in [-0.2, -0.15) is 0 Å². The van der Waals surface area contributed by atoms with Gasteiger partial charge in [-0.15, -0.1) is 0 Å². The van der Waals surface area contributed by atoms with Gasteiger partial charge >= 0.3 is 12.3 Å². The van der Waals surface area contributed by atoms with E-state index in [1.807, 2.05) is 19.9 Å². The van der Waals surface area contributed by atoms with E-state index in [1.54, 1.807) is 19.1 Å². The van der Waals surface area contributed by atoms with Gasteiger partial charge in [0.2, 0.25) is 5.78 Å². The van der Waals surface area contributed by atoms with E-state index >= 15 is 0 Å². The Bertz CT molecular complexity index is 1100. The molecule has 4 aliphatic carbocycles. The quantitative estimate of drug-likeness (QED) is 0.195. The van der Waals surface area contributed by atoms with Gasteiger partial charge in [0.15, 0.2) is 18.0 Å². The second-order valence-electron chi connectivity index (χ2n) is 11.6. The molecular formula is C28H39NO12. The minimum atomic E-state index is -1.70. The number of carbonyl (C=O) groups is 4. The molecule has 0 unspecified atom stereocenters. The molecular weight excluding hydrogens is 542 g/mol. The molecule has 0 heterocycles. The van der Waals surface area contributed by atoms with Crippen LogP contribution < -0.4 is 0 Å². The standard InChI is InChI=1S/C28H39NO12/c1-4-37-25(34)41-28(22(32)16-39-24(33)38-12-5-13-40-29(35)36)11-9-20-19-7-6-17-14-18(30)8-10-26(17,2)23(19)21(31)15-27(20,28)3/h8,10,14,19-21,23,31,35-36H,4-7,9,11-13,15-16H2,1-3H3/t19-,20-,21-,23+,26-,27-,28-/m0/s1. The van der Waals surface area contributed by atoms with Gasteiger partial charge in [-0.3, -0.25) is 24.8 Å². The Balaban J connectivity index is 1.53. The predicted molar refractivity (Wildman–Crippen MR) is 137 cm³/mol. The zero-order chi connectivity index (χ0) is 30.0. The van der Waals surface area contributed by atoms with Crippen molar-refractivity contribution >= 4 is 23.9 Å². The number of ketones is 2. The number of nitrogens with zero attached hydrogens (tertiary/aromatic N) is 1. The van der Waals surface area contributed by atoms with E-state index < -0.39 is 52.6 Å². The molecule has 0 aromatic heterocycles. The third-order valence-corrected chi connectivity index (χ3v) is 9.62. The van der Waals surface area contributed by atoms with Crippen molar-refractivity contribution in [2.75, 3.05) is 26.4 Å². The van der Waals surface area contributed by atoms with Crippen molar-refractivity contribution in [3.63, 3.8) is 0 Å². The molecule has 228 valence electrons. The van der Waals surface area contributed by atoms with Gasteiger partial charge in [0.05, 0.1) is 31.3 Å². The number of hydrogen-bond acceptors (Lipinski definition) is 13. The highest BCUT2D eigenvalue weighted by Gasteiger charge is 2.70. The van der Waals surface area contributed by atoms with Crippen LogP contribution in [0.2, 0.25) is 0 Å².